The molecule has 0 aromatic carbocycles. The van der Waals surface area contributed by atoms with Gasteiger partial charge in [-0.3, -0.25) is 14.4 Å². The summed E-state index contributed by atoms with van der Waals surface area (Å²) in [6, 6.07) is 0. The maximum Gasteiger partial charge on any atom is 0.335 e. The highest BCUT2D eigenvalue weighted by molar-refractivity contribution is 5.74. The van der Waals surface area contributed by atoms with E-state index in [0.29, 0.717) is 19.3 Å². The van der Waals surface area contributed by atoms with E-state index < -0.39 is 67.3 Å². The van der Waals surface area contributed by atoms with Crippen LogP contribution in [0.1, 0.15) is 290 Å². The lowest BCUT2D eigenvalue weighted by Crippen LogP contribution is -2.61. The molecule has 0 aromatic rings. The molecule has 476 valence electrons. The molecule has 0 aliphatic carbocycles. The summed E-state index contributed by atoms with van der Waals surface area (Å²) in [5, 5.41) is 31.6. The van der Waals surface area contributed by atoms with Crippen molar-refractivity contribution in [3.05, 3.63) is 85.1 Å². The average molecular weight is 1170 g/mol. The van der Waals surface area contributed by atoms with Gasteiger partial charge in [0.1, 0.15) is 18.8 Å². The van der Waals surface area contributed by atoms with E-state index in [4.69, 9.17) is 23.7 Å². The molecule has 6 atom stereocenters. The first-order valence-electron chi connectivity index (χ1n) is 33.6. The molecule has 0 saturated carbocycles. The molecule has 0 bridgehead atoms. The molecule has 1 heterocycles. The topological polar surface area (TPSA) is 175 Å². The minimum absolute atomic E-state index is 0.0413. The van der Waals surface area contributed by atoms with Crippen LogP contribution in [0.2, 0.25) is 0 Å². The fraction of sp³-hybridized carbons (Fsp3) is 0.746. The third-order valence-corrected chi connectivity index (χ3v) is 14.9. The second kappa shape index (κ2) is 58.3. The van der Waals surface area contributed by atoms with Gasteiger partial charge in [-0.1, -0.05) is 241 Å². The fourth-order valence-electron chi connectivity index (χ4n) is 9.80. The number of carbonyl (C=O) groups excluding carboxylic acids is 3. The number of unbranched alkanes of at least 4 members (excludes halogenated alkanes) is 29. The van der Waals surface area contributed by atoms with Gasteiger partial charge in [0.2, 0.25) is 0 Å². The van der Waals surface area contributed by atoms with Gasteiger partial charge < -0.3 is 39.0 Å². The van der Waals surface area contributed by atoms with E-state index in [1.165, 1.54) is 109 Å². The highest BCUT2D eigenvalue weighted by atomic mass is 16.7. The Kier molecular flexibility index (Phi) is 54.0. The van der Waals surface area contributed by atoms with Gasteiger partial charge in [-0.05, 0) is 116 Å². The molecule has 0 aromatic heterocycles. The fourth-order valence-corrected chi connectivity index (χ4v) is 9.80. The van der Waals surface area contributed by atoms with Crippen molar-refractivity contribution in [3.63, 3.8) is 0 Å². The number of carbonyl (C=O) groups is 4. The minimum atomic E-state index is -1.91. The largest absolute Gasteiger partial charge is 0.479 e. The number of hydrogen-bond donors (Lipinski definition) is 3. The lowest BCUT2D eigenvalue weighted by Gasteiger charge is -2.40. The second-order valence-electron chi connectivity index (χ2n) is 22.7. The van der Waals surface area contributed by atoms with Gasteiger partial charge in [0.05, 0.1) is 6.61 Å². The molecule has 3 N–H and O–H groups in total. The third kappa shape index (κ3) is 47.8. The van der Waals surface area contributed by atoms with Crippen LogP contribution in [-0.2, 0) is 42.9 Å². The summed E-state index contributed by atoms with van der Waals surface area (Å²) >= 11 is 0. The molecule has 12 nitrogen and oxygen atoms in total. The van der Waals surface area contributed by atoms with Crippen molar-refractivity contribution in [1.82, 2.24) is 0 Å². The van der Waals surface area contributed by atoms with Crippen LogP contribution in [0, 0.1) is 0 Å². The number of esters is 3. The molecular weight excluding hydrogens is 1040 g/mol. The number of carboxylic acid groups (broad SMARTS) is 1. The zero-order valence-corrected chi connectivity index (χ0v) is 52.7. The van der Waals surface area contributed by atoms with Crippen LogP contribution in [0.5, 0.6) is 0 Å². The quantitative estimate of drug-likeness (QED) is 0.0228. The Balaban J connectivity index is 2.66. The van der Waals surface area contributed by atoms with Crippen LogP contribution in [0.15, 0.2) is 85.1 Å². The Morgan fingerprint density at radius 3 is 1.19 bits per heavy atom. The van der Waals surface area contributed by atoms with Crippen molar-refractivity contribution in [1.29, 1.82) is 0 Å². The first-order valence-corrected chi connectivity index (χ1v) is 33.6. The molecule has 1 rings (SSSR count). The van der Waals surface area contributed by atoms with E-state index in [-0.39, 0.29) is 25.9 Å². The molecule has 1 fully saturated rings. The lowest BCUT2D eigenvalue weighted by molar-refractivity contribution is -0.301. The normalized spacial score (nSPS) is 18.1. The number of allylic oxidation sites excluding steroid dienone is 14. The van der Waals surface area contributed by atoms with Crippen LogP contribution < -0.4 is 0 Å². The maximum atomic E-state index is 13.2. The van der Waals surface area contributed by atoms with E-state index >= 15 is 0 Å². The Morgan fingerprint density at radius 2 is 0.759 bits per heavy atom. The van der Waals surface area contributed by atoms with E-state index in [0.717, 1.165) is 122 Å². The van der Waals surface area contributed by atoms with Crippen LogP contribution in [0.4, 0.5) is 0 Å². The molecule has 1 aliphatic rings. The molecule has 6 unspecified atom stereocenters. The molecule has 0 radical (unpaired) electrons. The Labute approximate surface area is 505 Å². The number of aliphatic carboxylic acids is 1. The van der Waals surface area contributed by atoms with E-state index in [1.54, 1.807) is 0 Å². The van der Waals surface area contributed by atoms with Gasteiger partial charge in [0.25, 0.3) is 0 Å². The molecule has 0 spiro atoms. The summed E-state index contributed by atoms with van der Waals surface area (Å²) in [6.45, 7) is 5.86. The zero-order chi connectivity index (χ0) is 60.3. The predicted molar refractivity (Wildman–Crippen MR) is 340 cm³/mol. The van der Waals surface area contributed by atoms with Crippen molar-refractivity contribution in [2.24, 2.45) is 0 Å². The van der Waals surface area contributed by atoms with E-state index in [9.17, 15) is 34.5 Å². The van der Waals surface area contributed by atoms with Crippen molar-refractivity contribution in [2.75, 3.05) is 13.2 Å². The average Bonchev–Trinajstić information content (AvgIpc) is 3.60. The van der Waals surface area contributed by atoms with Gasteiger partial charge in [0.15, 0.2) is 24.6 Å². The number of aliphatic hydroxyl groups excluding tert-OH is 2. The van der Waals surface area contributed by atoms with Crippen molar-refractivity contribution < 1.29 is 58.2 Å². The zero-order valence-electron chi connectivity index (χ0n) is 52.7. The SMILES string of the molecule is CC/C=C\C/C=C\C/C=C\CCCCCCCC(=O)OC(COC(=O)CCCCCCCCCCC/C=C\CCCCCCCC)COC1OC(C(=O)O)C(O)C(O)C1OC(=O)CCCCCCCC/C=C\C/C=C\C/C=C\CCCCC. The van der Waals surface area contributed by atoms with E-state index in [2.05, 4.69) is 106 Å². The number of rotatable bonds is 57. The van der Waals surface area contributed by atoms with Crippen LogP contribution in [-0.4, -0.2) is 89.2 Å². The summed E-state index contributed by atoms with van der Waals surface area (Å²) in [5.74, 6) is -3.15. The van der Waals surface area contributed by atoms with Crippen LogP contribution >= 0.6 is 0 Å². The van der Waals surface area contributed by atoms with Gasteiger partial charge in [-0.15, -0.1) is 0 Å². The standard InChI is InChI=1S/C71H120O12/c1-4-7-10-13-16-19-22-25-28-30-32-34-37-39-42-45-48-51-54-57-63(72)79-60-62(81-64(73)58-55-52-49-46-43-40-36-27-24-21-18-15-12-9-6-3)61-80-71-69(67(76)66(75)68(83-71)70(77)78)82-65(74)59-56-53-50-47-44-41-38-35-33-31-29-26-23-20-17-14-11-8-5-2/h9,12,17-18,20-21,25-29,33,35-36,62,66-69,71,75-76H,4-8,10-11,13-16,19,22-24,30-32,34,37-61H2,1-3H3,(H,77,78)/b12-9-,20-17-,21-18-,28-25-,29-26-,35-33-,36-27-. The van der Waals surface area contributed by atoms with Gasteiger partial charge in [0, 0.05) is 19.3 Å². The molecule has 12 heteroatoms. The predicted octanol–water partition coefficient (Wildman–Crippen LogP) is 18.2. The first-order chi connectivity index (χ1) is 40.6. The summed E-state index contributed by atoms with van der Waals surface area (Å²) in [7, 11) is 0. The molecule has 0 amide bonds. The summed E-state index contributed by atoms with van der Waals surface area (Å²) in [6.07, 6.45) is 63.9. The summed E-state index contributed by atoms with van der Waals surface area (Å²) in [4.78, 5) is 51.4. The number of carboxylic acids is 1. The molecule has 1 aliphatic heterocycles. The highest BCUT2D eigenvalue weighted by Gasteiger charge is 2.50. The molecule has 83 heavy (non-hydrogen) atoms. The number of hydrogen-bond acceptors (Lipinski definition) is 11. The molecular formula is C71H120O12. The van der Waals surface area contributed by atoms with Crippen molar-refractivity contribution in [3.8, 4) is 0 Å². The maximum absolute atomic E-state index is 13.2. The van der Waals surface area contributed by atoms with Crippen molar-refractivity contribution in [2.45, 2.75) is 327 Å². The Morgan fingerprint density at radius 1 is 0.410 bits per heavy atom. The van der Waals surface area contributed by atoms with Crippen molar-refractivity contribution >= 4 is 23.9 Å². The highest BCUT2D eigenvalue weighted by Crippen LogP contribution is 2.27. The van der Waals surface area contributed by atoms with Crippen LogP contribution in [0.3, 0.4) is 0 Å². The Hall–Kier alpha value is -4.10. The van der Waals surface area contributed by atoms with Gasteiger partial charge in [-0.25, -0.2) is 4.79 Å². The monoisotopic (exact) mass is 1160 g/mol. The second-order valence-corrected chi connectivity index (χ2v) is 22.7. The van der Waals surface area contributed by atoms with Crippen LogP contribution in [0.25, 0.3) is 0 Å². The third-order valence-electron chi connectivity index (χ3n) is 14.9. The summed E-state index contributed by atoms with van der Waals surface area (Å²) < 4.78 is 28.5. The summed E-state index contributed by atoms with van der Waals surface area (Å²) in [5.41, 5.74) is 0. The lowest BCUT2D eigenvalue weighted by atomic mass is 9.98. The van der Waals surface area contributed by atoms with E-state index in [1.807, 2.05) is 0 Å². The smallest absolute Gasteiger partial charge is 0.335 e. The van der Waals surface area contributed by atoms with Gasteiger partial charge >= 0.3 is 23.9 Å². The first kappa shape index (κ1) is 76.9. The minimum Gasteiger partial charge on any atom is -0.479 e. The Bertz CT molecular complexity index is 1760. The van der Waals surface area contributed by atoms with Gasteiger partial charge in [-0.2, -0.15) is 0 Å². The number of aliphatic hydroxyl groups is 2. The number of ether oxygens (including phenoxy) is 5. The molecule has 1 saturated heterocycles.